The molecule has 94 valence electrons. The Hall–Kier alpha value is 0.150. The van der Waals surface area contributed by atoms with Gasteiger partial charge in [-0.3, -0.25) is 4.79 Å². The van der Waals surface area contributed by atoms with Gasteiger partial charge >= 0.3 is 0 Å². The summed E-state index contributed by atoms with van der Waals surface area (Å²) in [7, 11) is 1.62. The molecule has 0 heterocycles. The Balaban J connectivity index is 2.61. The van der Waals surface area contributed by atoms with Crippen molar-refractivity contribution in [3.05, 3.63) is 32.4 Å². The van der Waals surface area contributed by atoms with Crippen molar-refractivity contribution in [3.8, 4) is 0 Å². The highest BCUT2D eigenvalue weighted by molar-refractivity contribution is 14.1. The molecule has 1 atom stereocenters. The Morgan fingerprint density at radius 1 is 1.65 bits per heavy atom. The zero-order valence-electron chi connectivity index (χ0n) is 9.17. The number of carbonyl (C=O) groups excluding carboxylic acids is 1. The van der Waals surface area contributed by atoms with Crippen LogP contribution in [-0.4, -0.2) is 31.0 Å². The van der Waals surface area contributed by atoms with Gasteiger partial charge < -0.3 is 10.1 Å². The van der Waals surface area contributed by atoms with Crippen LogP contribution in [0.15, 0.2) is 18.2 Å². The summed E-state index contributed by atoms with van der Waals surface area (Å²) in [5.74, 6) is -0.127. The summed E-state index contributed by atoms with van der Waals surface area (Å²) in [6.07, 6.45) is 0. The Labute approximate surface area is 128 Å². The van der Waals surface area contributed by atoms with Crippen LogP contribution in [0.2, 0.25) is 5.02 Å². The molecule has 1 aromatic carbocycles. The fourth-order valence-electron chi connectivity index (χ4n) is 1.21. The van der Waals surface area contributed by atoms with E-state index < -0.39 is 0 Å². The van der Waals surface area contributed by atoms with Gasteiger partial charge in [0.25, 0.3) is 5.91 Å². The summed E-state index contributed by atoms with van der Waals surface area (Å²) < 4.78 is 5.84. The molecule has 0 saturated heterocycles. The summed E-state index contributed by atoms with van der Waals surface area (Å²) in [6, 6.07) is 5.25. The van der Waals surface area contributed by atoms with Gasteiger partial charge in [0.15, 0.2) is 0 Å². The van der Waals surface area contributed by atoms with Crippen LogP contribution < -0.4 is 5.32 Å². The molecule has 0 aliphatic carbocycles. The van der Waals surface area contributed by atoms with Crippen LogP contribution in [-0.2, 0) is 4.74 Å². The molecule has 6 heteroatoms. The number of hydrogen-bond acceptors (Lipinski definition) is 2. The van der Waals surface area contributed by atoms with Gasteiger partial charge in [-0.25, -0.2) is 0 Å². The molecule has 0 fully saturated rings. The third kappa shape index (κ3) is 5.11. The molecule has 0 aliphatic heterocycles. The minimum Gasteiger partial charge on any atom is -0.383 e. The number of hydrogen-bond donors (Lipinski definition) is 1. The fraction of sp³-hybridized carbons (Fsp3) is 0.364. The molecule has 1 aromatic rings. The van der Waals surface area contributed by atoms with Gasteiger partial charge in [0, 0.05) is 22.2 Å². The molecule has 1 rings (SSSR count). The van der Waals surface area contributed by atoms with E-state index in [2.05, 4.69) is 43.8 Å². The van der Waals surface area contributed by atoms with E-state index in [4.69, 9.17) is 16.3 Å². The van der Waals surface area contributed by atoms with Crippen molar-refractivity contribution in [1.29, 1.82) is 0 Å². The van der Waals surface area contributed by atoms with E-state index in [1.165, 1.54) is 0 Å². The molecule has 1 amide bonds. The van der Waals surface area contributed by atoms with E-state index in [-0.39, 0.29) is 10.7 Å². The average Bonchev–Trinajstić information content (AvgIpc) is 2.29. The second-order valence-electron chi connectivity index (χ2n) is 3.39. The topological polar surface area (TPSA) is 38.3 Å². The first kappa shape index (κ1) is 15.2. The first-order valence-corrected chi connectivity index (χ1v) is 7.28. The van der Waals surface area contributed by atoms with Crippen LogP contribution in [0.1, 0.15) is 10.4 Å². The Kier molecular flexibility index (Phi) is 6.76. The first-order chi connectivity index (χ1) is 8.04. The molecule has 0 aromatic heterocycles. The molecule has 3 nitrogen and oxygen atoms in total. The summed E-state index contributed by atoms with van der Waals surface area (Å²) in [4.78, 5) is 12.0. The van der Waals surface area contributed by atoms with Gasteiger partial charge in [-0.2, -0.15) is 0 Å². The van der Waals surface area contributed by atoms with Gasteiger partial charge in [0.2, 0.25) is 0 Å². The molecular formula is C11H12BrClINO2. The number of alkyl halides is 1. The Morgan fingerprint density at radius 2 is 2.35 bits per heavy atom. The van der Waals surface area contributed by atoms with Gasteiger partial charge in [-0.05, 0) is 40.8 Å². The van der Waals surface area contributed by atoms with Crippen molar-refractivity contribution >= 4 is 56.0 Å². The third-order valence-corrected chi connectivity index (χ3v) is 3.77. The molecule has 0 aliphatic rings. The normalized spacial score (nSPS) is 12.2. The second-order valence-corrected chi connectivity index (χ2v) is 6.28. The molecule has 0 saturated carbocycles. The van der Waals surface area contributed by atoms with Crippen molar-refractivity contribution in [2.24, 2.45) is 0 Å². The minimum absolute atomic E-state index is 0.105. The monoisotopic (exact) mass is 431 g/mol. The van der Waals surface area contributed by atoms with E-state index in [1.807, 2.05) is 6.07 Å². The smallest absolute Gasteiger partial charge is 0.252 e. The zero-order chi connectivity index (χ0) is 12.8. The molecule has 1 N–H and O–H groups in total. The quantitative estimate of drug-likeness (QED) is 0.574. The number of benzene rings is 1. The summed E-state index contributed by atoms with van der Waals surface area (Å²) in [5.41, 5.74) is 0.593. The number of amides is 1. The van der Waals surface area contributed by atoms with Crippen LogP contribution in [0, 0.1) is 3.57 Å². The zero-order valence-corrected chi connectivity index (χ0v) is 13.7. The number of nitrogens with one attached hydrogen (secondary N) is 1. The highest BCUT2D eigenvalue weighted by atomic mass is 127. The Morgan fingerprint density at radius 3 is 3.00 bits per heavy atom. The van der Waals surface area contributed by atoms with Crippen molar-refractivity contribution < 1.29 is 9.53 Å². The van der Waals surface area contributed by atoms with Crippen molar-refractivity contribution in [2.45, 2.75) is 4.83 Å². The van der Waals surface area contributed by atoms with Gasteiger partial charge in [0.1, 0.15) is 0 Å². The van der Waals surface area contributed by atoms with Crippen molar-refractivity contribution in [2.75, 3.05) is 20.3 Å². The highest BCUT2D eigenvalue weighted by Gasteiger charge is 2.12. The van der Waals surface area contributed by atoms with Crippen molar-refractivity contribution in [3.63, 3.8) is 0 Å². The summed E-state index contributed by atoms with van der Waals surface area (Å²) in [6.45, 7) is 1.06. The largest absolute Gasteiger partial charge is 0.383 e. The molecule has 0 bridgehead atoms. The van der Waals surface area contributed by atoms with E-state index in [0.29, 0.717) is 23.7 Å². The first-order valence-electron chi connectivity index (χ1n) is 4.91. The number of halogens is 3. The number of methoxy groups -OCH3 is 1. The minimum atomic E-state index is -0.127. The van der Waals surface area contributed by atoms with Gasteiger partial charge in [-0.15, -0.1) is 0 Å². The standard InChI is InChI=1S/C11H12BrClINO2/c1-17-6-7(12)5-15-11(16)9-4-8(13)2-3-10(9)14/h2-4,7H,5-6H2,1H3,(H,15,16). The van der Waals surface area contributed by atoms with E-state index in [1.54, 1.807) is 19.2 Å². The van der Waals surface area contributed by atoms with Crippen LogP contribution in [0.25, 0.3) is 0 Å². The number of rotatable bonds is 5. The number of ether oxygens (including phenoxy) is 1. The third-order valence-electron chi connectivity index (χ3n) is 2.00. The fourth-order valence-corrected chi connectivity index (χ4v) is 2.39. The molecule has 17 heavy (non-hydrogen) atoms. The second kappa shape index (κ2) is 7.56. The predicted molar refractivity (Wildman–Crippen MR) is 81.1 cm³/mol. The highest BCUT2D eigenvalue weighted by Crippen LogP contribution is 2.17. The maximum absolute atomic E-state index is 11.9. The van der Waals surface area contributed by atoms with E-state index >= 15 is 0 Å². The van der Waals surface area contributed by atoms with Crippen LogP contribution in [0.3, 0.4) is 0 Å². The number of carbonyl (C=O) groups is 1. The predicted octanol–water partition coefficient (Wildman–Crippen LogP) is 3.08. The lowest BCUT2D eigenvalue weighted by atomic mass is 10.2. The Bertz CT molecular complexity index is 403. The van der Waals surface area contributed by atoms with E-state index in [0.717, 1.165) is 3.57 Å². The van der Waals surface area contributed by atoms with Crippen LogP contribution in [0.4, 0.5) is 0 Å². The van der Waals surface area contributed by atoms with Gasteiger partial charge in [-0.1, -0.05) is 27.5 Å². The molecule has 0 spiro atoms. The van der Waals surface area contributed by atoms with Gasteiger partial charge in [0.05, 0.1) is 17.0 Å². The van der Waals surface area contributed by atoms with Crippen LogP contribution >= 0.6 is 50.1 Å². The van der Waals surface area contributed by atoms with Crippen LogP contribution in [0.5, 0.6) is 0 Å². The SMILES string of the molecule is COCC(Br)CNC(=O)c1cc(Cl)ccc1I. The maximum Gasteiger partial charge on any atom is 0.252 e. The maximum atomic E-state index is 11.9. The van der Waals surface area contributed by atoms with E-state index in [9.17, 15) is 4.79 Å². The lowest BCUT2D eigenvalue weighted by Crippen LogP contribution is -2.31. The lowest BCUT2D eigenvalue weighted by molar-refractivity contribution is 0.0949. The van der Waals surface area contributed by atoms with Crippen molar-refractivity contribution in [1.82, 2.24) is 5.32 Å². The lowest BCUT2D eigenvalue weighted by Gasteiger charge is -2.11. The molecular weight excluding hydrogens is 420 g/mol. The molecule has 0 radical (unpaired) electrons. The average molecular weight is 432 g/mol. The molecule has 1 unspecified atom stereocenters. The summed E-state index contributed by atoms with van der Waals surface area (Å²) in [5, 5.41) is 3.38. The summed E-state index contributed by atoms with van der Waals surface area (Å²) >= 11 is 11.4.